The number of piperidine rings is 1. The lowest BCUT2D eigenvalue weighted by Crippen LogP contribution is -2.46. The predicted molar refractivity (Wildman–Crippen MR) is 80.0 cm³/mol. The summed E-state index contributed by atoms with van der Waals surface area (Å²) in [6, 6.07) is 8.42. The van der Waals surface area contributed by atoms with Crippen molar-refractivity contribution in [3.05, 3.63) is 35.9 Å². The molecule has 6 heteroatoms. The first-order valence-electron chi connectivity index (χ1n) is 7.43. The van der Waals surface area contributed by atoms with E-state index in [0.29, 0.717) is 13.0 Å². The molecule has 118 valence electrons. The molecule has 1 aromatic rings. The van der Waals surface area contributed by atoms with Crippen molar-refractivity contribution < 1.29 is 19.5 Å². The molecule has 1 saturated heterocycles. The molecule has 2 N–H and O–H groups in total. The number of carboxylic acid groups (broad SMARTS) is 1. The van der Waals surface area contributed by atoms with Crippen LogP contribution in [-0.2, 0) is 14.4 Å². The summed E-state index contributed by atoms with van der Waals surface area (Å²) in [6.07, 6.45) is 2.03. The Morgan fingerprint density at radius 3 is 2.59 bits per heavy atom. The van der Waals surface area contributed by atoms with Gasteiger partial charge in [-0.3, -0.25) is 14.4 Å². The molecule has 2 rings (SSSR count). The Labute approximate surface area is 129 Å². The van der Waals surface area contributed by atoms with Crippen LogP contribution in [0.3, 0.4) is 0 Å². The van der Waals surface area contributed by atoms with Crippen LogP contribution >= 0.6 is 0 Å². The van der Waals surface area contributed by atoms with Crippen LogP contribution in [0, 0.1) is 0 Å². The van der Waals surface area contributed by atoms with Crippen molar-refractivity contribution in [2.45, 2.75) is 31.7 Å². The van der Waals surface area contributed by atoms with E-state index in [1.54, 1.807) is 4.90 Å². The molecule has 6 nitrogen and oxygen atoms in total. The number of hydrogen-bond donors (Lipinski definition) is 2. The van der Waals surface area contributed by atoms with Crippen LogP contribution in [0.5, 0.6) is 0 Å². The Hall–Kier alpha value is -2.37. The SMILES string of the molecule is O=C(O)CCNC(=O)C(c1ccccc1)N1CCCCC1=O. The topological polar surface area (TPSA) is 86.7 Å². The average Bonchev–Trinajstić information content (AvgIpc) is 2.50. The smallest absolute Gasteiger partial charge is 0.305 e. The van der Waals surface area contributed by atoms with Crippen molar-refractivity contribution in [2.75, 3.05) is 13.1 Å². The lowest BCUT2D eigenvalue weighted by atomic mass is 10.0. The maximum atomic E-state index is 12.5. The van der Waals surface area contributed by atoms with Gasteiger partial charge in [0.25, 0.3) is 0 Å². The van der Waals surface area contributed by atoms with E-state index in [1.165, 1.54) is 0 Å². The van der Waals surface area contributed by atoms with Crippen LogP contribution in [-0.4, -0.2) is 40.9 Å². The molecule has 0 saturated carbocycles. The second kappa shape index (κ2) is 7.59. The summed E-state index contributed by atoms with van der Waals surface area (Å²) in [6.45, 7) is 0.601. The summed E-state index contributed by atoms with van der Waals surface area (Å²) in [5.41, 5.74) is 0.741. The minimum absolute atomic E-state index is 0.0338. The van der Waals surface area contributed by atoms with Crippen molar-refractivity contribution in [3.63, 3.8) is 0 Å². The molecule has 1 heterocycles. The van der Waals surface area contributed by atoms with Crippen LogP contribution in [0.2, 0.25) is 0 Å². The third kappa shape index (κ3) is 4.07. The Bertz CT molecular complexity index is 544. The maximum Gasteiger partial charge on any atom is 0.305 e. The number of amides is 2. The van der Waals surface area contributed by atoms with E-state index in [9.17, 15) is 14.4 Å². The second-order valence-corrected chi connectivity index (χ2v) is 5.29. The summed E-state index contributed by atoms with van der Waals surface area (Å²) in [7, 11) is 0. The number of rotatable bonds is 6. The van der Waals surface area contributed by atoms with Gasteiger partial charge in [-0.2, -0.15) is 0 Å². The molecule has 1 aliphatic heterocycles. The first-order valence-corrected chi connectivity index (χ1v) is 7.43. The van der Waals surface area contributed by atoms with Crippen molar-refractivity contribution in [2.24, 2.45) is 0 Å². The van der Waals surface area contributed by atoms with Crippen molar-refractivity contribution in [1.82, 2.24) is 10.2 Å². The normalized spacial score (nSPS) is 16.2. The largest absolute Gasteiger partial charge is 0.481 e. The van der Waals surface area contributed by atoms with E-state index in [0.717, 1.165) is 18.4 Å². The number of benzene rings is 1. The van der Waals surface area contributed by atoms with Gasteiger partial charge in [0.05, 0.1) is 6.42 Å². The molecule has 0 aromatic heterocycles. The van der Waals surface area contributed by atoms with Gasteiger partial charge in [-0.25, -0.2) is 0 Å². The van der Waals surface area contributed by atoms with Crippen LogP contribution in [0.25, 0.3) is 0 Å². The van der Waals surface area contributed by atoms with Gasteiger partial charge in [0.1, 0.15) is 6.04 Å². The lowest BCUT2D eigenvalue weighted by Gasteiger charge is -2.34. The van der Waals surface area contributed by atoms with Crippen molar-refractivity contribution in [3.8, 4) is 0 Å². The van der Waals surface area contributed by atoms with Gasteiger partial charge in [-0.1, -0.05) is 30.3 Å². The number of carboxylic acids is 1. The molecule has 1 unspecified atom stereocenters. The molecule has 0 aliphatic carbocycles. The summed E-state index contributed by atoms with van der Waals surface area (Å²) >= 11 is 0. The number of aliphatic carboxylic acids is 1. The quantitative estimate of drug-likeness (QED) is 0.830. The molecule has 22 heavy (non-hydrogen) atoms. The van der Waals surface area contributed by atoms with Gasteiger partial charge in [0.15, 0.2) is 0 Å². The average molecular weight is 304 g/mol. The van der Waals surface area contributed by atoms with Gasteiger partial charge in [-0.05, 0) is 18.4 Å². The first kappa shape index (κ1) is 16.0. The fraction of sp³-hybridized carbons (Fsp3) is 0.438. The first-order chi connectivity index (χ1) is 10.6. The van der Waals surface area contributed by atoms with Gasteiger partial charge in [0.2, 0.25) is 11.8 Å². The fourth-order valence-corrected chi connectivity index (χ4v) is 2.60. The molecule has 1 atom stereocenters. The molecule has 0 radical (unpaired) electrons. The predicted octanol–water partition coefficient (Wildman–Crippen LogP) is 1.33. The van der Waals surface area contributed by atoms with E-state index in [-0.39, 0.29) is 24.8 Å². The van der Waals surface area contributed by atoms with Crippen LogP contribution in [0.4, 0.5) is 0 Å². The Kier molecular flexibility index (Phi) is 5.52. The Morgan fingerprint density at radius 1 is 1.23 bits per heavy atom. The number of nitrogens with zero attached hydrogens (tertiary/aromatic N) is 1. The molecular weight excluding hydrogens is 284 g/mol. The highest BCUT2D eigenvalue weighted by Crippen LogP contribution is 2.25. The highest BCUT2D eigenvalue weighted by atomic mass is 16.4. The summed E-state index contributed by atoms with van der Waals surface area (Å²) in [5, 5.41) is 11.3. The highest BCUT2D eigenvalue weighted by Gasteiger charge is 2.32. The van der Waals surface area contributed by atoms with Crippen LogP contribution < -0.4 is 5.32 Å². The zero-order valence-corrected chi connectivity index (χ0v) is 12.3. The highest BCUT2D eigenvalue weighted by molar-refractivity contribution is 5.89. The number of hydrogen-bond acceptors (Lipinski definition) is 3. The zero-order valence-electron chi connectivity index (χ0n) is 12.3. The third-order valence-corrected chi connectivity index (χ3v) is 3.67. The van der Waals surface area contributed by atoms with E-state index in [4.69, 9.17) is 5.11 Å². The molecule has 1 aliphatic rings. The van der Waals surface area contributed by atoms with E-state index < -0.39 is 12.0 Å². The van der Waals surface area contributed by atoms with Gasteiger partial charge in [0, 0.05) is 19.5 Å². The lowest BCUT2D eigenvalue weighted by molar-refractivity contribution is -0.143. The van der Waals surface area contributed by atoms with Gasteiger partial charge < -0.3 is 15.3 Å². The molecule has 0 spiro atoms. The summed E-state index contributed by atoms with van der Waals surface area (Å²) in [4.78, 5) is 36.8. The monoisotopic (exact) mass is 304 g/mol. The standard InChI is InChI=1S/C16H20N2O4/c19-13-8-4-5-11-18(13)15(12-6-2-1-3-7-12)16(22)17-10-9-14(20)21/h1-3,6-7,15H,4-5,8-11H2,(H,17,22)(H,20,21). The molecular formula is C16H20N2O4. The second-order valence-electron chi connectivity index (χ2n) is 5.29. The van der Waals surface area contributed by atoms with E-state index >= 15 is 0 Å². The number of carbonyl (C=O) groups excluding carboxylic acids is 2. The Morgan fingerprint density at radius 2 is 1.95 bits per heavy atom. The van der Waals surface area contributed by atoms with Crippen LogP contribution in [0.1, 0.15) is 37.3 Å². The molecule has 2 amide bonds. The number of nitrogens with one attached hydrogen (secondary N) is 1. The van der Waals surface area contributed by atoms with Crippen molar-refractivity contribution >= 4 is 17.8 Å². The third-order valence-electron chi connectivity index (χ3n) is 3.67. The summed E-state index contributed by atoms with van der Waals surface area (Å²) < 4.78 is 0. The minimum Gasteiger partial charge on any atom is -0.481 e. The van der Waals surface area contributed by atoms with Gasteiger partial charge in [-0.15, -0.1) is 0 Å². The number of carbonyl (C=O) groups is 3. The molecule has 1 fully saturated rings. The van der Waals surface area contributed by atoms with E-state index in [2.05, 4.69) is 5.32 Å². The van der Waals surface area contributed by atoms with E-state index in [1.807, 2.05) is 30.3 Å². The van der Waals surface area contributed by atoms with Gasteiger partial charge >= 0.3 is 5.97 Å². The minimum atomic E-state index is -0.967. The summed E-state index contributed by atoms with van der Waals surface area (Å²) in [5.74, 6) is -1.33. The zero-order chi connectivity index (χ0) is 15.9. The fourth-order valence-electron chi connectivity index (χ4n) is 2.60. The number of likely N-dealkylation sites (tertiary alicyclic amines) is 1. The Balaban J connectivity index is 2.16. The molecule has 0 bridgehead atoms. The maximum absolute atomic E-state index is 12.5. The molecule has 1 aromatic carbocycles. The van der Waals surface area contributed by atoms with Crippen LogP contribution in [0.15, 0.2) is 30.3 Å². The van der Waals surface area contributed by atoms with Crippen molar-refractivity contribution in [1.29, 1.82) is 0 Å².